The van der Waals surface area contributed by atoms with Gasteiger partial charge in [-0.15, -0.1) is 0 Å². The maximum Gasteiger partial charge on any atom is 0.267 e. The Morgan fingerprint density at radius 3 is 2.46 bits per heavy atom. The Morgan fingerprint density at radius 2 is 1.86 bits per heavy atom. The quantitative estimate of drug-likeness (QED) is 0.600. The van der Waals surface area contributed by atoms with Gasteiger partial charge in [-0.25, -0.2) is 4.39 Å². The molecule has 0 fully saturated rings. The zero-order valence-corrected chi connectivity index (χ0v) is 15.0. The molecule has 0 aliphatic carbocycles. The molecule has 1 atom stereocenters. The summed E-state index contributed by atoms with van der Waals surface area (Å²) in [5.41, 5.74) is 5.00. The molecule has 3 rings (SSSR count). The van der Waals surface area contributed by atoms with Gasteiger partial charge in [0.2, 0.25) is 5.91 Å². The number of carbonyl (C=O) groups is 3. The van der Waals surface area contributed by atoms with Gasteiger partial charge < -0.3 is 16.4 Å². The number of halogens is 1. The molecule has 1 unspecified atom stereocenters. The van der Waals surface area contributed by atoms with Crippen molar-refractivity contribution >= 4 is 29.1 Å². The summed E-state index contributed by atoms with van der Waals surface area (Å²) in [5, 5.41) is 7.96. The monoisotopic (exact) mass is 383 g/mol. The van der Waals surface area contributed by atoms with Gasteiger partial charge in [-0.1, -0.05) is 18.2 Å². The fourth-order valence-corrected chi connectivity index (χ4v) is 3.02. The van der Waals surface area contributed by atoms with Gasteiger partial charge in [-0.05, 0) is 35.9 Å². The second-order valence-electron chi connectivity index (χ2n) is 6.08. The number of aliphatic imine (C=N–C) groups is 1. The van der Waals surface area contributed by atoms with Crippen molar-refractivity contribution in [1.29, 1.82) is 0 Å². The van der Waals surface area contributed by atoms with E-state index in [1.54, 1.807) is 24.3 Å². The number of amides is 3. The predicted molar refractivity (Wildman–Crippen MR) is 101 cm³/mol. The van der Waals surface area contributed by atoms with E-state index in [9.17, 15) is 18.8 Å². The molecule has 1 aliphatic heterocycles. The minimum Gasteiger partial charge on any atom is -0.367 e. The molecule has 8 nitrogen and oxygen atoms in total. The van der Waals surface area contributed by atoms with Crippen molar-refractivity contribution in [3.8, 4) is 0 Å². The standard InChI is InChI=1S/C19H18FN5O3/c1-22-17(27)15-19(18(21)28,24-10-23-15)12-5-7-14(8-6-12)25-16(26)11-3-2-4-13(20)9-11/h2-9,24H,10H2,1H3,(H2,21,28)(H,22,27)(H,25,26). The van der Waals surface area contributed by atoms with Crippen molar-refractivity contribution in [2.75, 3.05) is 19.0 Å². The van der Waals surface area contributed by atoms with E-state index in [1.165, 1.54) is 25.2 Å². The lowest BCUT2D eigenvalue weighted by Gasteiger charge is -2.27. The third-order valence-corrected chi connectivity index (χ3v) is 4.41. The molecular formula is C19H18FN5O3. The molecule has 0 saturated heterocycles. The van der Waals surface area contributed by atoms with Gasteiger partial charge in [0.25, 0.3) is 11.8 Å². The number of rotatable bonds is 5. The Kier molecular flexibility index (Phi) is 5.18. The molecule has 9 heteroatoms. The molecular weight excluding hydrogens is 365 g/mol. The Morgan fingerprint density at radius 1 is 1.14 bits per heavy atom. The van der Waals surface area contributed by atoms with Crippen LogP contribution >= 0.6 is 0 Å². The third-order valence-electron chi connectivity index (χ3n) is 4.41. The molecule has 0 radical (unpaired) electrons. The molecule has 0 bridgehead atoms. The molecule has 2 aromatic rings. The lowest BCUT2D eigenvalue weighted by Crippen LogP contribution is -2.58. The Labute approximate surface area is 160 Å². The topological polar surface area (TPSA) is 126 Å². The minimum atomic E-state index is -1.56. The average Bonchev–Trinajstić information content (AvgIpc) is 3.14. The second-order valence-corrected chi connectivity index (χ2v) is 6.08. The van der Waals surface area contributed by atoms with E-state index in [0.29, 0.717) is 11.3 Å². The number of anilines is 1. The van der Waals surface area contributed by atoms with E-state index < -0.39 is 29.1 Å². The van der Waals surface area contributed by atoms with Crippen LogP contribution in [0.15, 0.2) is 53.5 Å². The fourth-order valence-electron chi connectivity index (χ4n) is 3.02. The van der Waals surface area contributed by atoms with Crippen LogP contribution in [-0.4, -0.2) is 37.1 Å². The normalized spacial score (nSPS) is 18.3. The van der Waals surface area contributed by atoms with Crippen LogP contribution < -0.4 is 21.7 Å². The highest BCUT2D eigenvalue weighted by Crippen LogP contribution is 2.28. The number of primary amides is 1. The number of carbonyl (C=O) groups excluding carboxylic acids is 3. The molecule has 5 N–H and O–H groups in total. The summed E-state index contributed by atoms with van der Waals surface area (Å²) in [7, 11) is 1.43. The summed E-state index contributed by atoms with van der Waals surface area (Å²) >= 11 is 0. The van der Waals surface area contributed by atoms with Crippen LogP contribution in [0, 0.1) is 5.82 Å². The van der Waals surface area contributed by atoms with Crippen LogP contribution in [0.3, 0.4) is 0 Å². The van der Waals surface area contributed by atoms with Crippen LogP contribution in [0.5, 0.6) is 0 Å². The lowest BCUT2D eigenvalue weighted by molar-refractivity contribution is -0.123. The minimum absolute atomic E-state index is 0.0287. The molecule has 0 aromatic heterocycles. The molecule has 28 heavy (non-hydrogen) atoms. The van der Waals surface area contributed by atoms with Gasteiger partial charge in [0.15, 0.2) is 5.54 Å². The Hall–Kier alpha value is -3.59. The maximum absolute atomic E-state index is 13.3. The first kappa shape index (κ1) is 19.2. The first-order chi connectivity index (χ1) is 13.4. The van der Waals surface area contributed by atoms with Crippen LogP contribution in [-0.2, 0) is 15.1 Å². The molecule has 0 spiro atoms. The van der Waals surface area contributed by atoms with Gasteiger partial charge in [0.1, 0.15) is 11.5 Å². The van der Waals surface area contributed by atoms with E-state index in [-0.39, 0.29) is 17.9 Å². The van der Waals surface area contributed by atoms with Crippen molar-refractivity contribution in [2.45, 2.75) is 5.54 Å². The molecule has 1 heterocycles. The average molecular weight is 383 g/mol. The van der Waals surface area contributed by atoms with E-state index >= 15 is 0 Å². The van der Waals surface area contributed by atoms with Crippen LogP contribution in [0.1, 0.15) is 15.9 Å². The summed E-state index contributed by atoms with van der Waals surface area (Å²) in [6.45, 7) is 0.0593. The fraction of sp³-hybridized carbons (Fsp3) is 0.158. The number of hydrogen-bond donors (Lipinski definition) is 4. The highest BCUT2D eigenvalue weighted by molar-refractivity contribution is 6.47. The smallest absolute Gasteiger partial charge is 0.267 e. The van der Waals surface area contributed by atoms with Gasteiger partial charge in [-0.3, -0.25) is 24.7 Å². The van der Waals surface area contributed by atoms with Crippen molar-refractivity contribution in [3.63, 3.8) is 0 Å². The SMILES string of the molecule is CNC(=O)C1=NCNC1(C(N)=O)c1ccc(NC(=O)c2cccc(F)c2)cc1. The van der Waals surface area contributed by atoms with Gasteiger partial charge in [0.05, 0.1) is 6.67 Å². The molecule has 144 valence electrons. The van der Waals surface area contributed by atoms with E-state index in [1.807, 2.05) is 0 Å². The van der Waals surface area contributed by atoms with Crippen molar-refractivity contribution in [3.05, 3.63) is 65.5 Å². The summed E-state index contributed by atoms with van der Waals surface area (Å²) < 4.78 is 13.3. The van der Waals surface area contributed by atoms with Crippen LogP contribution in [0.25, 0.3) is 0 Å². The highest BCUT2D eigenvalue weighted by atomic mass is 19.1. The highest BCUT2D eigenvalue weighted by Gasteiger charge is 2.49. The zero-order valence-electron chi connectivity index (χ0n) is 15.0. The van der Waals surface area contributed by atoms with Crippen LogP contribution in [0.4, 0.5) is 10.1 Å². The molecule has 3 amide bonds. The van der Waals surface area contributed by atoms with Crippen molar-refractivity contribution < 1.29 is 18.8 Å². The van der Waals surface area contributed by atoms with E-state index in [2.05, 4.69) is 20.9 Å². The largest absolute Gasteiger partial charge is 0.367 e. The number of hydrogen-bond acceptors (Lipinski definition) is 5. The third kappa shape index (κ3) is 3.35. The summed E-state index contributed by atoms with van der Waals surface area (Å²) in [6, 6.07) is 11.5. The summed E-state index contributed by atoms with van der Waals surface area (Å²) in [4.78, 5) is 40.6. The first-order valence-electron chi connectivity index (χ1n) is 8.38. The Bertz CT molecular complexity index is 974. The number of benzene rings is 2. The second kappa shape index (κ2) is 7.57. The van der Waals surface area contributed by atoms with Gasteiger partial charge in [-0.2, -0.15) is 0 Å². The summed E-state index contributed by atoms with van der Waals surface area (Å²) in [5.74, 6) is -2.29. The van der Waals surface area contributed by atoms with Gasteiger partial charge in [0, 0.05) is 18.3 Å². The number of nitrogens with zero attached hydrogens (tertiary/aromatic N) is 1. The summed E-state index contributed by atoms with van der Waals surface area (Å²) in [6.07, 6.45) is 0. The van der Waals surface area contributed by atoms with Gasteiger partial charge >= 0.3 is 0 Å². The van der Waals surface area contributed by atoms with Crippen molar-refractivity contribution in [1.82, 2.24) is 10.6 Å². The van der Waals surface area contributed by atoms with E-state index in [0.717, 1.165) is 6.07 Å². The molecule has 2 aromatic carbocycles. The lowest BCUT2D eigenvalue weighted by atomic mass is 9.84. The number of nitrogens with two attached hydrogens (primary N) is 1. The number of nitrogens with one attached hydrogen (secondary N) is 3. The predicted octanol–water partition coefficient (Wildman–Crippen LogP) is 0.506. The van der Waals surface area contributed by atoms with Crippen LogP contribution in [0.2, 0.25) is 0 Å². The first-order valence-corrected chi connectivity index (χ1v) is 8.38. The Balaban J connectivity index is 1.87. The van der Waals surface area contributed by atoms with E-state index in [4.69, 9.17) is 5.73 Å². The molecule has 1 aliphatic rings. The molecule has 0 saturated carbocycles. The van der Waals surface area contributed by atoms with Crippen molar-refractivity contribution in [2.24, 2.45) is 10.7 Å². The maximum atomic E-state index is 13.3. The zero-order chi connectivity index (χ0) is 20.3.